The maximum Gasteiger partial charge on any atom is 0.270 e. The van der Waals surface area contributed by atoms with E-state index in [0.29, 0.717) is 18.3 Å². The summed E-state index contributed by atoms with van der Waals surface area (Å²) in [6.45, 7) is 6.24. The fraction of sp³-hybridized carbons (Fsp3) is 0.455. The Hall–Kier alpha value is -2.44. The van der Waals surface area contributed by atoms with Crippen molar-refractivity contribution in [3.8, 4) is 0 Å². The molecule has 0 bridgehead atoms. The molecular formula is C22H28N4O2. The van der Waals surface area contributed by atoms with Crippen molar-refractivity contribution < 1.29 is 9.53 Å². The van der Waals surface area contributed by atoms with Crippen molar-refractivity contribution in [1.29, 1.82) is 0 Å². The lowest BCUT2D eigenvalue weighted by Crippen LogP contribution is -2.49. The van der Waals surface area contributed by atoms with Crippen LogP contribution in [0.15, 0.2) is 48.5 Å². The first-order chi connectivity index (χ1) is 13.8. The van der Waals surface area contributed by atoms with E-state index in [1.54, 1.807) is 6.07 Å². The summed E-state index contributed by atoms with van der Waals surface area (Å²) in [4.78, 5) is 22.0. The highest BCUT2D eigenvalue weighted by molar-refractivity contribution is 5.92. The topological polar surface area (TPSA) is 57.7 Å². The number of rotatable bonds is 5. The number of morpholine rings is 1. The number of benzene rings is 1. The fourth-order valence-electron chi connectivity index (χ4n) is 4.00. The van der Waals surface area contributed by atoms with Crippen molar-refractivity contribution in [3.63, 3.8) is 0 Å². The average molecular weight is 380 g/mol. The number of carbonyl (C=O) groups is 1. The highest BCUT2D eigenvalue weighted by atomic mass is 16.5. The number of nitrogens with one attached hydrogen (secondary N) is 1. The molecule has 1 aromatic heterocycles. The maximum atomic E-state index is 12.5. The summed E-state index contributed by atoms with van der Waals surface area (Å²) in [6, 6.07) is 16.3. The van der Waals surface area contributed by atoms with E-state index in [1.807, 2.05) is 42.5 Å². The number of piperidine rings is 1. The molecule has 2 aliphatic rings. The van der Waals surface area contributed by atoms with E-state index < -0.39 is 0 Å². The third-order valence-corrected chi connectivity index (χ3v) is 5.61. The molecule has 2 fully saturated rings. The minimum Gasteiger partial charge on any atom is -0.379 e. The Morgan fingerprint density at radius 3 is 2.50 bits per heavy atom. The number of amides is 1. The molecule has 1 amide bonds. The monoisotopic (exact) mass is 380 g/mol. The Morgan fingerprint density at radius 2 is 1.75 bits per heavy atom. The first-order valence-electron chi connectivity index (χ1n) is 10.2. The summed E-state index contributed by atoms with van der Waals surface area (Å²) < 4.78 is 5.46. The number of nitrogens with zero attached hydrogens (tertiary/aromatic N) is 3. The fourth-order valence-corrected chi connectivity index (χ4v) is 4.00. The van der Waals surface area contributed by atoms with Gasteiger partial charge in [-0.2, -0.15) is 0 Å². The molecule has 0 aliphatic carbocycles. The predicted octanol–water partition coefficient (Wildman–Crippen LogP) is 2.31. The van der Waals surface area contributed by atoms with Gasteiger partial charge in [0, 0.05) is 38.8 Å². The molecule has 1 aromatic carbocycles. The van der Waals surface area contributed by atoms with Crippen molar-refractivity contribution in [1.82, 2.24) is 15.2 Å². The Morgan fingerprint density at radius 1 is 1.00 bits per heavy atom. The van der Waals surface area contributed by atoms with Gasteiger partial charge in [-0.25, -0.2) is 4.98 Å². The molecule has 2 aliphatic heterocycles. The Balaban J connectivity index is 1.33. The van der Waals surface area contributed by atoms with Crippen LogP contribution in [0.5, 0.6) is 0 Å². The van der Waals surface area contributed by atoms with Gasteiger partial charge in [0.15, 0.2) is 0 Å². The molecule has 0 unspecified atom stereocenters. The number of carbonyl (C=O) groups excluding carboxylic acids is 1. The lowest BCUT2D eigenvalue weighted by molar-refractivity contribution is 0.0115. The van der Waals surface area contributed by atoms with E-state index in [4.69, 9.17) is 4.74 Å². The number of ether oxygens (including phenoxy) is 1. The zero-order chi connectivity index (χ0) is 19.2. The molecule has 0 saturated carbocycles. The van der Waals surface area contributed by atoms with Crippen molar-refractivity contribution in [2.45, 2.75) is 25.4 Å². The molecule has 28 heavy (non-hydrogen) atoms. The zero-order valence-electron chi connectivity index (χ0n) is 16.2. The van der Waals surface area contributed by atoms with E-state index in [2.05, 4.69) is 20.1 Å². The molecule has 148 valence electrons. The van der Waals surface area contributed by atoms with Gasteiger partial charge in [0.1, 0.15) is 11.5 Å². The van der Waals surface area contributed by atoms with Gasteiger partial charge in [-0.15, -0.1) is 0 Å². The minimum absolute atomic E-state index is 0.131. The number of hydrogen-bond acceptors (Lipinski definition) is 5. The summed E-state index contributed by atoms with van der Waals surface area (Å²) in [5, 5.41) is 2.96. The van der Waals surface area contributed by atoms with Crippen LogP contribution in [0.4, 0.5) is 5.82 Å². The lowest BCUT2D eigenvalue weighted by atomic mass is 10.0. The molecule has 6 nitrogen and oxygen atoms in total. The quantitative estimate of drug-likeness (QED) is 0.863. The maximum absolute atomic E-state index is 12.5. The largest absolute Gasteiger partial charge is 0.379 e. The van der Waals surface area contributed by atoms with E-state index in [0.717, 1.165) is 63.6 Å². The van der Waals surface area contributed by atoms with Crippen LogP contribution >= 0.6 is 0 Å². The predicted molar refractivity (Wildman–Crippen MR) is 109 cm³/mol. The van der Waals surface area contributed by atoms with E-state index in [-0.39, 0.29) is 5.91 Å². The molecule has 0 radical (unpaired) electrons. The molecule has 6 heteroatoms. The Labute approximate surface area is 166 Å². The second-order valence-electron chi connectivity index (χ2n) is 7.42. The summed E-state index contributed by atoms with van der Waals surface area (Å²) in [6.07, 6.45) is 2.26. The molecule has 4 rings (SSSR count). The summed E-state index contributed by atoms with van der Waals surface area (Å²) in [7, 11) is 0. The van der Waals surface area contributed by atoms with Crippen LogP contribution in [0.2, 0.25) is 0 Å². The third kappa shape index (κ3) is 4.69. The highest BCUT2D eigenvalue weighted by Gasteiger charge is 2.26. The molecule has 1 N–H and O–H groups in total. The van der Waals surface area contributed by atoms with Crippen LogP contribution in [-0.4, -0.2) is 61.2 Å². The van der Waals surface area contributed by atoms with E-state index in [9.17, 15) is 4.79 Å². The van der Waals surface area contributed by atoms with E-state index >= 15 is 0 Å². The smallest absolute Gasteiger partial charge is 0.270 e. The van der Waals surface area contributed by atoms with Crippen LogP contribution in [-0.2, 0) is 11.3 Å². The van der Waals surface area contributed by atoms with Gasteiger partial charge in [-0.05, 0) is 30.5 Å². The summed E-state index contributed by atoms with van der Waals surface area (Å²) in [5.74, 6) is 0.765. The van der Waals surface area contributed by atoms with Gasteiger partial charge in [0.2, 0.25) is 0 Å². The van der Waals surface area contributed by atoms with Crippen LogP contribution < -0.4 is 10.2 Å². The molecule has 0 spiro atoms. The Bertz CT molecular complexity index is 769. The van der Waals surface area contributed by atoms with Crippen LogP contribution in [0.1, 0.15) is 28.9 Å². The number of pyridine rings is 1. The highest BCUT2D eigenvalue weighted by Crippen LogP contribution is 2.22. The number of hydrogen-bond donors (Lipinski definition) is 1. The van der Waals surface area contributed by atoms with Gasteiger partial charge >= 0.3 is 0 Å². The second-order valence-corrected chi connectivity index (χ2v) is 7.42. The normalized spacial score (nSPS) is 18.8. The summed E-state index contributed by atoms with van der Waals surface area (Å²) in [5.41, 5.74) is 1.56. The Kier molecular flexibility index (Phi) is 6.19. The van der Waals surface area contributed by atoms with Crippen molar-refractivity contribution in [3.05, 3.63) is 59.8 Å². The molecule has 0 atom stereocenters. The standard InChI is InChI=1S/C22H28N4O2/c27-22(23-17-18-5-2-1-3-6-18)20-7-4-8-21(24-20)26-11-9-19(10-12-26)25-13-15-28-16-14-25/h1-8,19H,9-17H2,(H,23,27). The van der Waals surface area contributed by atoms with Gasteiger partial charge in [0.25, 0.3) is 5.91 Å². The van der Waals surface area contributed by atoms with Crippen LogP contribution in [0, 0.1) is 0 Å². The van der Waals surface area contributed by atoms with E-state index in [1.165, 1.54) is 0 Å². The van der Waals surface area contributed by atoms with Crippen LogP contribution in [0.3, 0.4) is 0 Å². The SMILES string of the molecule is O=C(NCc1ccccc1)c1cccc(N2CCC(N3CCOCC3)CC2)n1. The first-order valence-corrected chi connectivity index (χ1v) is 10.2. The molecule has 2 aromatic rings. The first kappa shape index (κ1) is 18.9. The summed E-state index contributed by atoms with van der Waals surface area (Å²) >= 11 is 0. The van der Waals surface area contributed by atoms with Crippen LogP contribution in [0.25, 0.3) is 0 Å². The second kappa shape index (κ2) is 9.17. The van der Waals surface area contributed by atoms with Crippen molar-refractivity contribution in [2.75, 3.05) is 44.3 Å². The van der Waals surface area contributed by atoms with Crippen molar-refractivity contribution >= 4 is 11.7 Å². The molecular weight excluding hydrogens is 352 g/mol. The molecule has 3 heterocycles. The van der Waals surface area contributed by atoms with Gasteiger partial charge in [-0.3, -0.25) is 9.69 Å². The zero-order valence-corrected chi connectivity index (χ0v) is 16.2. The van der Waals surface area contributed by atoms with Gasteiger partial charge in [-0.1, -0.05) is 36.4 Å². The minimum atomic E-state index is -0.131. The van der Waals surface area contributed by atoms with Crippen molar-refractivity contribution in [2.24, 2.45) is 0 Å². The average Bonchev–Trinajstić information content (AvgIpc) is 2.79. The number of anilines is 1. The third-order valence-electron chi connectivity index (χ3n) is 5.61. The van der Waals surface area contributed by atoms with Gasteiger partial charge in [0.05, 0.1) is 13.2 Å². The number of aromatic nitrogens is 1. The lowest BCUT2D eigenvalue weighted by Gasteiger charge is -2.40. The molecule has 2 saturated heterocycles. The van der Waals surface area contributed by atoms with Gasteiger partial charge < -0.3 is 15.0 Å².